The summed E-state index contributed by atoms with van der Waals surface area (Å²) in [6, 6.07) is -1.20. The number of aliphatic hydroxyl groups excluding tert-OH is 6. The highest BCUT2D eigenvalue weighted by Crippen LogP contribution is 2.78. The van der Waals surface area contributed by atoms with Gasteiger partial charge in [0.05, 0.1) is 25.4 Å². The highest BCUT2D eigenvalue weighted by molar-refractivity contribution is 5.19. The van der Waals surface area contributed by atoms with Crippen LogP contribution in [0.2, 0.25) is 0 Å². The minimum absolute atomic E-state index is 0.327. The van der Waals surface area contributed by atoms with Crippen molar-refractivity contribution in [1.29, 1.82) is 0 Å². The normalized spacial score (nSPS) is 52.3. The van der Waals surface area contributed by atoms with E-state index in [2.05, 4.69) is 48.5 Å². The second-order valence-corrected chi connectivity index (χ2v) is 20.4. The number of hydrogen-bond donors (Lipinski definition) is 8. The van der Waals surface area contributed by atoms with Crippen molar-refractivity contribution in [1.82, 2.24) is 0 Å². The van der Waals surface area contributed by atoms with Crippen molar-refractivity contribution in [2.45, 2.75) is 180 Å². The molecular formula is C41H73NO8. The molecule has 6 saturated carbocycles. The first kappa shape index (κ1) is 39.3. The summed E-state index contributed by atoms with van der Waals surface area (Å²) in [5.41, 5.74) is 5.67. The largest absolute Gasteiger partial charge is 0.393 e. The van der Waals surface area contributed by atoms with Crippen molar-refractivity contribution in [2.24, 2.45) is 68.3 Å². The van der Waals surface area contributed by atoms with Crippen molar-refractivity contribution >= 4 is 0 Å². The molecule has 0 unspecified atom stereocenters. The topological polar surface area (TPSA) is 177 Å². The van der Waals surface area contributed by atoms with E-state index in [1.54, 1.807) is 0 Å². The van der Waals surface area contributed by atoms with Crippen molar-refractivity contribution in [3.05, 3.63) is 0 Å². The summed E-state index contributed by atoms with van der Waals surface area (Å²) in [6.07, 6.45) is 7.11. The van der Waals surface area contributed by atoms with E-state index in [1.165, 1.54) is 70.6 Å². The van der Waals surface area contributed by atoms with E-state index < -0.39 is 61.5 Å². The summed E-state index contributed by atoms with van der Waals surface area (Å²) in [7, 11) is 0. The molecule has 50 heavy (non-hydrogen) atoms. The average Bonchev–Trinajstić information content (AvgIpc) is 3.49. The Morgan fingerprint density at radius 1 is 0.740 bits per heavy atom. The number of rotatable bonds is 10. The third-order valence-corrected chi connectivity index (χ3v) is 18.0. The Labute approximate surface area is 301 Å². The lowest BCUT2D eigenvalue weighted by atomic mass is 9.32. The first-order chi connectivity index (χ1) is 23.2. The molecule has 18 atom stereocenters. The van der Waals surface area contributed by atoms with Crippen molar-refractivity contribution < 1.29 is 40.5 Å². The van der Waals surface area contributed by atoms with Crippen LogP contribution in [0.4, 0.5) is 0 Å². The zero-order chi connectivity index (χ0) is 36.8. The van der Waals surface area contributed by atoms with Gasteiger partial charge in [-0.2, -0.15) is 0 Å². The molecule has 290 valence electrons. The number of nitrogens with two attached hydrogens (primary N) is 1. The monoisotopic (exact) mass is 708 g/mol. The van der Waals surface area contributed by atoms with Crippen LogP contribution in [-0.2, 0) is 4.74 Å². The molecule has 0 spiro atoms. The molecule has 0 aliphatic heterocycles. The van der Waals surface area contributed by atoms with Crippen LogP contribution < -0.4 is 5.73 Å². The van der Waals surface area contributed by atoms with Crippen molar-refractivity contribution in [2.75, 3.05) is 13.2 Å². The van der Waals surface area contributed by atoms with Gasteiger partial charge in [0.2, 0.25) is 0 Å². The van der Waals surface area contributed by atoms with Crippen LogP contribution >= 0.6 is 0 Å². The van der Waals surface area contributed by atoms with Gasteiger partial charge in [-0.3, -0.25) is 0 Å². The van der Waals surface area contributed by atoms with Gasteiger partial charge in [-0.1, -0.05) is 54.9 Å². The highest BCUT2D eigenvalue weighted by atomic mass is 16.5. The maximum absolute atomic E-state index is 10.9. The van der Waals surface area contributed by atoms with E-state index in [4.69, 9.17) is 10.5 Å². The fourth-order valence-corrected chi connectivity index (χ4v) is 15.0. The molecule has 6 fully saturated rings. The van der Waals surface area contributed by atoms with Crippen LogP contribution in [0.25, 0.3) is 0 Å². The second kappa shape index (κ2) is 13.4. The van der Waals surface area contributed by atoms with Crippen LogP contribution in [0.15, 0.2) is 0 Å². The van der Waals surface area contributed by atoms with Crippen LogP contribution in [0.1, 0.15) is 132 Å². The predicted molar refractivity (Wildman–Crippen MR) is 193 cm³/mol. The third-order valence-electron chi connectivity index (χ3n) is 18.0. The fourth-order valence-electron chi connectivity index (χ4n) is 15.0. The molecule has 0 saturated heterocycles. The van der Waals surface area contributed by atoms with Crippen LogP contribution in [0, 0.1) is 62.6 Å². The first-order valence-electron chi connectivity index (χ1n) is 20.3. The van der Waals surface area contributed by atoms with E-state index in [1.807, 2.05) is 0 Å². The third kappa shape index (κ3) is 5.72. The Morgan fingerprint density at radius 3 is 2.00 bits per heavy atom. The van der Waals surface area contributed by atoms with E-state index in [0.717, 1.165) is 24.2 Å². The minimum Gasteiger partial charge on any atom is -0.393 e. The Morgan fingerprint density at radius 2 is 1.36 bits per heavy atom. The Kier molecular flexibility index (Phi) is 10.6. The molecule has 6 aliphatic carbocycles. The van der Waals surface area contributed by atoms with Crippen LogP contribution in [0.5, 0.6) is 0 Å². The lowest BCUT2D eigenvalue weighted by molar-refractivity contribution is -0.241. The van der Waals surface area contributed by atoms with Gasteiger partial charge in [0.1, 0.15) is 36.1 Å². The summed E-state index contributed by atoms with van der Waals surface area (Å²) in [6.45, 7) is 16.8. The Balaban J connectivity index is 1.06. The van der Waals surface area contributed by atoms with E-state index in [0.29, 0.717) is 51.2 Å². The molecular weight excluding hydrogens is 634 g/mol. The van der Waals surface area contributed by atoms with E-state index >= 15 is 0 Å². The number of aliphatic hydroxyl groups is 7. The molecule has 0 heterocycles. The molecule has 6 rings (SSSR count). The van der Waals surface area contributed by atoms with Gasteiger partial charge in [-0.05, 0) is 140 Å². The SMILES string of the molecule is C[C@H](CC[C@@H](O)[C@@H](O)[C@@H](O)CO[C@H]1[C@H](N)[C@@H](O)[C@H](O)[C@]1(O)CO)[C@H]1CC[C@]2(C)[C@H]3CC[C@@H]4[C@@]5(C)CCCC(C)(C)[C@@H]5CC[C@@]4(C)[C@]3(C)CC[C@@H]12. The zero-order valence-electron chi connectivity index (χ0n) is 32.2. The van der Waals surface area contributed by atoms with Gasteiger partial charge in [-0.25, -0.2) is 0 Å². The van der Waals surface area contributed by atoms with E-state index in [9.17, 15) is 35.7 Å². The lowest BCUT2D eigenvalue weighted by Gasteiger charge is -2.73. The zero-order valence-corrected chi connectivity index (χ0v) is 32.2. The molecule has 0 bridgehead atoms. The Bertz CT molecular complexity index is 1220. The van der Waals surface area contributed by atoms with Gasteiger partial charge in [0.15, 0.2) is 0 Å². The number of fused-ring (bicyclic) bond motifs is 7. The van der Waals surface area contributed by atoms with Crippen LogP contribution in [0.3, 0.4) is 0 Å². The highest BCUT2D eigenvalue weighted by Gasteiger charge is 2.70. The molecule has 9 heteroatoms. The van der Waals surface area contributed by atoms with Gasteiger partial charge >= 0.3 is 0 Å². The standard InChI is InChI=1S/C41H73NO8/c1-23(9-10-26(44)32(46)27(45)21-50-35-31(42)33(47)34(48)41(35,49)22-43)24-13-18-37(4)25(24)14-19-39(6)29(37)11-12-30-38(5)17-8-16-36(2,3)28(38)15-20-40(30,39)7/h23-35,43-49H,8-22,42H2,1-7H3/t23-,24-,25+,26-,27+,28+,29-,30-,31-,32-,33-,34+,35+,37+,38+,39-,40-,41-/m1/s1. The molecule has 6 aliphatic rings. The lowest BCUT2D eigenvalue weighted by Crippen LogP contribution is -2.65. The fraction of sp³-hybridized carbons (Fsp3) is 1.00. The molecule has 9 nitrogen and oxygen atoms in total. The van der Waals surface area contributed by atoms with Gasteiger partial charge in [0.25, 0.3) is 0 Å². The maximum Gasteiger partial charge on any atom is 0.144 e. The minimum atomic E-state index is -2.20. The maximum atomic E-state index is 10.9. The first-order valence-corrected chi connectivity index (χ1v) is 20.3. The van der Waals surface area contributed by atoms with Gasteiger partial charge < -0.3 is 46.2 Å². The smallest absolute Gasteiger partial charge is 0.144 e. The average molecular weight is 708 g/mol. The molecule has 0 amide bonds. The van der Waals surface area contributed by atoms with Crippen molar-refractivity contribution in [3.63, 3.8) is 0 Å². The molecule has 0 aromatic rings. The second-order valence-electron chi connectivity index (χ2n) is 20.4. The summed E-state index contributed by atoms with van der Waals surface area (Å²) in [5, 5.41) is 72.9. The molecule has 0 radical (unpaired) electrons. The van der Waals surface area contributed by atoms with Crippen molar-refractivity contribution in [3.8, 4) is 0 Å². The number of hydrogen-bond acceptors (Lipinski definition) is 9. The molecule has 0 aromatic heterocycles. The summed E-state index contributed by atoms with van der Waals surface area (Å²) >= 11 is 0. The van der Waals surface area contributed by atoms with Gasteiger partial charge in [-0.15, -0.1) is 0 Å². The molecule has 9 N–H and O–H groups in total. The summed E-state index contributed by atoms with van der Waals surface area (Å²) in [4.78, 5) is 0. The number of ether oxygens (including phenoxy) is 1. The van der Waals surface area contributed by atoms with Gasteiger partial charge in [0, 0.05) is 0 Å². The van der Waals surface area contributed by atoms with E-state index in [-0.39, 0.29) is 0 Å². The molecule has 0 aromatic carbocycles. The summed E-state index contributed by atoms with van der Waals surface area (Å²) in [5.74, 6) is 4.03. The summed E-state index contributed by atoms with van der Waals surface area (Å²) < 4.78 is 5.53. The predicted octanol–water partition coefficient (Wildman–Crippen LogP) is 4.15. The quantitative estimate of drug-likeness (QED) is 0.166. The van der Waals surface area contributed by atoms with Crippen LogP contribution in [-0.4, -0.2) is 97.2 Å². The Hall–Kier alpha value is -0.360.